The van der Waals surface area contributed by atoms with Crippen LogP contribution in [0.1, 0.15) is 38.1 Å². The molecule has 120 valence electrons. The van der Waals surface area contributed by atoms with Crippen molar-refractivity contribution in [3.05, 3.63) is 11.4 Å². The molecule has 0 N–H and O–H groups in total. The molecule has 5 nitrogen and oxygen atoms in total. The maximum atomic E-state index is 13.0. The Hall–Kier alpha value is -0.590. The van der Waals surface area contributed by atoms with Gasteiger partial charge in [-0.15, -0.1) is 11.6 Å². The minimum Gasteiger partial charge on any atom is -0.267 e. The second kappa shape index (κ2) is 6.26. The third-order valence-corrected chi connectivity index (χ3v) is 6.64. The average Bonchev–Trinajstić information content (AvgIpc) is 2.68. The van der Waals surface area contributed by atoms with Gasteiger partial charge in [-0.2, -0.15) is 9.40 Å². The first-order chi connectivity index (χ1) is 9.78. The Kier molecular flexibility index (Phi) is 5.00. The third kappa shape index (κ3) is 3.12. The number of nitrogens with zero attached hydrogens (tertiary/aromatic N) is 3. The minimum absolute atomic E-state index is 0.0429. The molecule has 2 heterocycles. The van der Waals surface area contributed by atoms with E-state index in [1.54, 1.807) is 22.8 Å². The number of aromatic nitrogens is 2. The predicted octanol–water partition coefficient (Wildman–Crippen LogP) is 2.55. The van der Waals surface area contributed by atoms with Gasteiger partial charge in [0, 0.05) is 18.5 Å². The average molecular weight is 334 g/mol. The molecule has 0 spiro atoms. The van der Waals surface area contributed by atoms with Gasteiger partial charge in [0.15, 0.2) is 0 Å². The largest absolute Gasteiger partial charge is 0.267 e. The number of hydrogen-bond acceptors (Lipinski definition) is 3. The van der Waals surface area contributed by atoms with E-state index in [9.17, 15) is 8.42 Å². The molecule has 0 amide bonds. The van der Waals surface area contributed by atoms with Gasteiger partial charge >= 0.3 is 0 Å². The lowest BCUT2D eigenvalue weighted by Gasteiger charge is -2.35. The number of sulfonamides is 1. The van der Waals surface area contributed by atoms with Crippen LogP contribution in [0, 0.1) is 19.8 Å². The molecule has 0 bridgehead atoms. The molecule has 1 saturated heterocycles. The number of piperidine rings is 1. The molecule has 1 fully saturated rings. The zero-order chi connectivity index (χ0) is 15.8. The van der Waals surface area contributed by atoms with Crippen molar-refractivity contribution in [2.24, 2.45) is 5.92 Å². The van der Waals surface area contributed by atoms with E-state index in [1.807, 2.05) is 6.92 Å². The summed E-state index contributed by atoms with van der Waals surface area (Å²) in [5.41, 5.74) is 1.24. The van der Waals surface area contributed by atoms with Gasteiger partial charge in [-0.3, -0.25) is 4.68 Å². The molecule has 0 aromatic carbocycles. The first-order valence-corrected chi connectivity index (χ1v) is 9.38. The number of hydrogen-bond donors (Lipinski definition) is 0. The van der Waals surface area contributed by atoms with E-state index in [1.165, 1.54) is 0 Å². The van der Waals surface area contributed by atoms with Crippen molar-refractivity contribution in [2.45, 2.75) is 58.0 Å². The summed E-state index contributed by atoms with van der Waals surface area (Å²) in [6.45, 7) is 8.75. The van der Waals surface area contributed by atoms with Gasteiger partial charge in [0.1, 0.15) is 4.90 Å². The number of halogens is 1. The Morgan fingerprint density at radius 2 is 1.95 bits per heavy atom. The summed E-state index contributed by atoms with van der Waals surface area (Å²) in [6, 6.07) is 0.0429. The lowest BCUT2D eigenvalue weighted by atomic mass is 9.97. The van der Waals surface area contributed by atoms with E-state index >= 15 is 0 Å². The number of alkyl halides is 1. The van der Waals surface area contributed by atoms with Gasteiger partial charge in [-0.1, -0.05) is 6.92 Å². The normalized spacial score (nSPS) is 24.4. The highest BCUT2D eigenvalue weighted by Gasteiger charge is 2.36. The molecular formula is C14H24ClN3O2S. The summed E-state index contributed by atoms with van der Waals surface area (Å²) in [7, 11) is -3.50. The van der Waals surface area contributed by atoms with Crippen molar-refractivity contribution in [2.75, 3.05) is 12.4 Å². The molecule has 21 heavy (non-hydrogen) atoms. The van der Waals surface area contributed by atoms with Crippen LogP contribution in [0.15, 0.2) is 4.90 Å². The van der Waals surface area contributed by atoms with Crippen LogP contribution in [-0.4, -0.2) is 41.0 Å². The standard InChI is InChI=1S/C14H24ClN3O2S/c1-10-5-6-11(2)18(9-10)21(19,20)14-12(3)16-17(8-7-15)13(14)4/h10-11H,5-9H2,1-4H3. The molecule has 2 atom stereocenters. The highest BCUT2D eigenvalue weighted by Crippen LogP contribution is 2.30. The molecule has 7 heteroatoms. The molecule has 1 aromatic heterocycles. The maximum Gasteiger partial charge on any atom is 0.246 e. The lowest BCUT2D eigenvalue weighted by molar-refractivity contribution is 0.218. The molecule has 2 unspecified atom stereocenters. The van der Waals surface area contributed by atoms with E-state index in [-0.39, 0.29) is 6.04 Å². The second-order valence-corrected chi connectivity index (χ2v) is 8.22. The summed E-state index contributed by atoms with van der Waals surface area (Å²) in [5, 5.41) is 4.33. The van der Waals surface area contributed by atoms with Gasteiger partial charge in [-0.05, 0) is 39.5 Å². The van der Waals surface area contributed by atoms with Crippen molar-refractivity contribution >= 4 is 21.6 Å². The van der Waals surface area contributed by atoms with Crippen molar-refractivity contribution in [3.8, 4) is 0 Å². The first-order valence-electron chi connectivity index (χ1n) is 7.40. The zero-order valence-corrected chi connectivity index (χ0v) is 14.7. The first kappa shape index (κ1) is 16.8. The molecule has 1 aliphatic heterocycles. The Labute approximate surface area is 132 Å². The van der Waals surface area contributed by atoms with Crippen molar-refractivity contribution in [3.63, 3.8) is 0 Å². The Morgan fingerprint density at radius 3 is 2.57 bits per heavy atom. The Balaban J connectivity index is 2.44. The van der Waals surface area contributed by atoms with E-state index in [0.29, 0.717) is 41.2 Å². The van der Waals surface area contributed by atoms with Crippen LogP contribution in [0.25, 0.3) is 0 Å². The highest BCUT2D eigenvalue weighted by atomic mass is 35.5. The molecule has 0 aliphatic carbocycles. The predicted molar refractivity (Wildman–Crippen MR) is 84.2 cm³/mol. The molecule has 2 rings (SSSR count). The van der Waals surface area contributed by atoms with Crippen molar-refractivity contribution < 1.29 is 8.42 Å². The van der Waals surface area contributed by atoms with Gasteiger partial charge in [0.25, 0.3) is 0 Å². The van der Waals surface area contributed by atoms with Gasteiger partial charge in [0.2, 0.25) is 10.0 Å². The van der Waals surface area contributed by atoms with Crippen LogP contribution in [0.2, 0.25) is 0 Å². The zero-order valence-electron chi connectivity index (χ0n) is 13.1. The minimum atomic E-state index is -3.50. The van der Waals surface area contributed by atoms with Crippen LogP contribution in [0.4, 0.5) is 0 Å². The molecule has 1 aromatic rings. The van der Waals surface area contributed by atoms with Gasteiger partial charge in [0.05, 0.1) is 17.9 Å². The molecule has 0 radical (unpaired) electrons. The Morgan fingerprint density at radius 1 is 1.29 bits per heavy atom. The maximum absolute atomic E-state index is 13.0. The summed E-state index contributed by atoms with van der Waals surface area (Å²) in [4.78, 5) is 0.355. The fourth-order valence-corrected chi connectivity index (χ4v) is 5.37. The SMILES string of the molecule is Cc1nn(CCCl)c(C)c1S(=O)(=O)N1CC(C)CCC1C. The Bertz CT molecular complexity index is 612. The monoisotopic (exact) mass is 333 g/mol. The summed E-state index contributed by atoms with van der Waals surface area (Å²) < 4.78 is 29.4. The van der Waals surface area contributed by atoms with Crippen LogP contribution >= 0.6 is 11.6 Å². The van der Waals surface area contributed by atoms with Crippen molar-refractivity contribution in [1.82, 2.24) is 14.1 Å². The van der Waals surface area contributed by atoms with E-state index < -0.39 is 10.0 Å². The molecule has 1 aliphatic rings. The van der Waals surface area contributed by atoms with Crippen LogP contribution in [-0.2, 0) is 16.6 Å². The topological polar surface area (TPSA) is 55.2 Å². The van der Waals surface area contributed by atoms with Gasteiger partial charge in [-0.25, -0.2) is 8.42 Å². The van der Waals surface area contributed by atoms with Crippen LogP contribution in [0.3, 0.4) is 0 Å². The van der Waals surface area contributed by atoms with E-state index in [2.05, 4.69) is 12.0 Å². The summed E-state index contributed by atoms with van der Waals surface area (Å²) in [6.07, 6.45) is 1.99. The molecular weight excluding hydrogens is 310 g/mol. The van der Waals surface area contributed by atoms with E-state index in [4.69, 9.17) is 11.6 Å². The number of aryl methyl sites for hydroxylation is 2. The third-order valence-electron chi connectivity index (χ3n) is 4.24. The highest BCUT2D eigenvalue weighted by molar-refractivity contribution is 7.89. The fourth-order valence-electron chi connectivity index (χ4n) is 3.05. The van der Waals surface area contributed by atoms with Crippen molar-refractivity contribution in [1.29, 1.82) is 0 Å². The summed E-state index contributed by atoms with van der Waals surface area (Å²) in [5.74, 6) is 0.813. The fraction of sp³-hybridized carbons (Fsp3) is 0.786. The van der Waals surface area contributed by atoms with Crippen LogP contribution < -0.4 is 0 Å². The van der Waals surface area contributed by atoms with Gasteiger partial charge < -0.3 is 0 Å². The second-order valence-electron chi connectivity index (χ2n) is 6.02. The lowest BCUT2D eigenvalue weighted by Crippen LogP contribution is -2.45. The van der Waals surface area contributed by atoms with E-state index in [0.717, 1.165) is 12.8 Å². The smallest absolute Gasteiger partial charge is 0.246 e. The summed E-state index contributed by atoms with van der Waals surface area (Å²) >= 11 is 5.75. The van der Waals surface area contributed by atoms with Crippen LogP contribution in [0.5, 0.6) is 0 Å². The quantitative estimate of drug-likeness (QED) is 0.796. The molecule has 0 saturated carbocycles. The number of rotatable bonds is 4.